The Kier molecular flexibility index (Phi) is 5.42. The quantitative estimate of drug-likeness (QED) is 0.356. The van der Waals surface area contributed by atoms with Gasteiger partial charge in [-0.1, -0.05) is 60.5 Å². The lowest BCUT2D eigenvalue weighted by Gasteiger charge is -2.15. The first-order valence-electron chi connectivity index (χ1n) is 9.07. The van der Waals surface area contributed by atoms with Crippen LogP contribution in [0.15, 0.2) is 54.6 Å². The smallest absolute Gasteiger partial charge is 0.197 e. The van der Waals surface area contributed by atoms with E-state index in [4.69, 9.17) is 23.2 Å². The number of hydrogen-bond acceptors (Lipinski definition) is 3. The van der Waals surface area contributed by atoms with Crippen molar-refractivity contribution >= 4 is 28.8 Å². The molecule has 0 fully saturated rings. The summed E-state index contributed by atoms with van der Waals surface area (Å²) in [7, 11) is 0. The molecule has 0 aliphatic rings. The third-order valence-corrected chi connectivity index (χ3v) is 5.37. The van der Waals surface area contributed by atoms with Gasteiger partial charge in [0.1, 0.15) is 5.69 Å². The van der Waals surface area contributed by atoms with Crippen LogP contribution >= 0.6 is 23.2 Å². The molecule has 1 unspecified atom stereocenters. The molecule has 0 bridgehead atoms. The highest BCUT2D eigenvalue weighted by Gasteiger charge is 2.37. The second kappa shape index (κ2) is 7.89. The molecule has 30 heavy (non-hydrogen) atoms. The number of nitrogens with zero attached hydrogens (tertiary/aromatic N) is 4. The van der Waals surface area contributed by atoms with Gasteiger partial charge in [-0.05, 0) is 29.8 Å². The molecule has 4 nitrogen and oxygen atoms in total. The maximum absolute atomic E-state index is 13.1. The molecule has 0 spiro atoms. The van der Waals surface area contributed by atoms with Crippen molar-refractivity contribution < 1.29 is 13.2 Å². The van der Waals surface area contributed by atoms with Crippen LogP contribution in [-0.4, -0.2) is 26.0 Å². The third kappa shape index (κ3) is 4.00. The second-order valence-corrected chi connectivity index (χ2v) is 7.77. The molecule has 9 heteroatoms. The predicted molar refractivity (Wildman–Crippen MR) is 111 cm³/mol. The molecule has 0 saturated carbocycles. The minimum Gasteiger partial charge on any atom is -0.197 e. The Morgan fingerprint density at radius 3 is 2.33 bits per heavy atom. The van der Waals surface area contributed by atoms with Crippen LogP contribution in [-0.2, 0) is 6.42 Å². The highest BCUT2D eigenvalue weighted by Crippen LogP contribution is 2.36. The van der Waals surface area contributed by atoms with Crippen molar-refractivity contribution in [3.8, 4) is 22.4 Å². The summed E-state index contributed by atoms with van der Waals surface area (Å²) >= 11 is 12.4. The highest BCUT2D eigenvalue weighted by atomic mass is 35.5. The van der Waals surface area contributed by atoms with Crippen molar-refractivity contribution in [1.82, 2.24) is 19.8 Å². The van der Waals surface area contributed by atoms with Gasteiger partial charge in [0.05, 0.1) is 10.9 Å². The Balaban J connectivity index is 1.92. The number of halogens is 5. The minimum absolute atomic E-state index is 0.130. The van der Waals surface area contributed by atoms with E-state index >= 15 is 0 Å². The molecule has 2 aromatic heterocycles. The standard InChI is InChI=1S/C21H15Cl2F3N4/c1-12(21(24,25)26)10-18-27-28-19-11-16(13-6-8-14(22)9-7-13)20(29-30(18)19)15-4-2-3-5-17(15)23/h2-9,11-12H,10H2,1H3. The lowest BCUT2D eigenvalue weighted by atomic mass is 10.00. The van der Waals surface area contributed by atoms with E-state index in [9.17, 15) is 13.2 Å². The van der Waals surface area contributed by atoms with Crippen molar-refractivity contribution in [3.63, 3.8) is 0 Å². The Labute approximate surface area is 180 Å². The first kappa shape index (κ1) is 20.6. The van der Waals surface area contributed by atoms with E-state index in [0.29, 0.717) is 26.9 Å². The Hall–Kier alpha value is -2.64. The summed E-state index contributed by atoms with van der Waals surface area (Å²) in [5.74, 6) is -1.45. The predicted octanol–water partition coefficient (Wildman–Crippen LogP) is 6.51. The average molecular weight is 451 g/mol. The van der Waals surface area contributed by atoms with E-state index in [0.717, 1.165) is 18.1 Å². The van der Waals surface area contributed by atoms with Crippen molar-refractivity contribution in [2.45, 2.75) is 19.5 Å². The maximum Gasteiger partial charge on any atom is 0.391 e. The molecule has 2 aromatic carbocycles. The maximum atomic E-state index is 13.1. The SMILES string of the molecule is CC(Cc1nnc2cc(-c3ccc(Cl)cc3)c(-c3ccccc3Cl)nn12)C(F)(F)F. The summed E-state index contributed by atoms with van der Waals surface area (Å²) in [5, 5.41) is 13.6. The molecule has 1 atom stereocenters. The van der Waals surface area contributed by atoms with Crippen LogP contribution < -0.4 is 0 Å². The van der Waals surface area contributed by atoms with Crippen molar-refractivity contribution in [2.75, 3.05) is 0 Å². The fourth-order valence-corrected chi connectivity index (χ4v) is 3.45. The van der Waals surface area contributed by atoms with Gasteiger partial charge in [-0.15, -0.1) is 10.2 Å². The van der Waals surface area contributed by atoms with Gasteiger partial charge in [-0.25, -0.2) is 0 Å². The van der Waals surface area contributed by atoms with Gasteiger partial charge < -0.3 is 0 Å². The number of aromatic nitrogens is 4. The molecule has 0 aliphatic heterocycles. The third-order valence-electron chi connectivity index (χ3n) is 4.79. The van der Waals surface area contributed by atoms with E-state index in [1.807, 2.05) is 18.2 Å². The van der Waals surface area contributed by atoms with Crippen LogP contribution in [0.2, 0.25) is 10.0 Å². The summed E-state index contributed by atoms with van der Waals surface area (Å²) in [5.41, 5.74) is 3.04. The largest absolute Gasteiger partial charge is 0.391 e. The zero-order chi connectivity index (χ0) is 21.5. The normalized spacial score (nSPS) is 13.0. The molecule has 154 valence electrons. The molecule has 0 amide bonds. The highest BCUT2D eigenvalue weighted by molar-refractivity contribution is 6.33. The minimum atomic E-state index is -4.33. The van der Waals surface area contributed by atoms with Crippen molar-refractivity contribution in [1.29, 1.82) is 0 Å². The van der Waals surface area contributed by atoms with Crippen molar-refractivity contribution in [3.05, 3.63) is 70.5 Å². The molecule has 0 N–H and O–H groups in total. The van der Waals surface area contributed by atoms with E-state index in [1.54, 1.807) is 36.4 Å². The zero-order valence-corrected chi connectivity index (χ0v) is 17.2. The van der Waals surface area contributed by atoms with Gasteiger partial charge in [0.25, 0.3) is 0 Å². The van der Waals surface area contributed by atoms with Crippen LogP contribution in [0.1, 0.15) is 12.7 Å². The Morgan fingerprint density at radius 2 is 1.67 bits per heavy atom. The van der Waals surface area contributed by atoms with Gasteiger partial charge in [-0.3, -0.25) is 0 Å². The first-order valence-corrected chi connectivity index (χ1v) is 9.82. The summed E-state index contributed by atoms with van der Waals surface area (Å²) in [4.78, 5) is 0. The zero-order valence-electron chi connectivity index (χ0n) is 15.7. The summed E-state index contributed by atoms with van der Waals surface area (Å²) < 4.78 is 40.5. The van der Waals surface area contributed by atoms with Crippen molar-refractivity contribution in [2.24, 2.45) is 5.92 Å². The van der Waals surface area contributed by atoms with Gasteiger partial charge in [0.15, 0.2) is 11.5 Å². The van der Waals surface area contributed by atoms with E-state index in [-0.39, 0.29) is 12.2 Å². The van der Waals surface area contributed by atoms with Crippen LogP contribution in [0.25, 0.3) is 28.0 Å². The van der Waals surface area contributed by atoms with E-state index < -0.39 is 12.1 Å². The Bertz CT molecular complexity index is 1200. The Morgan fingerprint density at radius 1 is 0.967 bits per heavy atom. The number of alkyl halides is 3. The summed E-state index contributed by atoms with van der Waals surface area (Å²) in [6, 6.07) is 16.0. The fourth-order valence-electron chi connectivity index (χ4n) is 3.09. The molecule has 0 radical (unpaired) electrons. The lowest BCUT2D eigenvalue weighted by molar-refractivity contribution is -0.169. The number of rotatable bonds is 4. The van der Waals surface area contributed by atoms with Gasteiger partial charge in [0.2, 0.25) is 0 Å². The lowest BCUT2D eigenvalue weighted by Crippen LogP contribution is -2.23. The van der Waals surface area contributed by atoms with Crippen LogP contribution in [0.4, 0.5) is 13.2 Å². The molecular weight excluding hydrogens is 436 g/mol. The number of hydrogen-bond donors (Lipinski definition) is 0. The van der Waals surface area contributed by atoms with Gasteiger partial charge in [-0.2, -0.15) is 22.8 Å². The molecular formula is C21H15Cl2F3N4. The molecule has 4 rings (SSSR count). The molecule has 0 aliphatic carbocycles. The van der Waals surface area contributed by atoms with E-state index in [2.05, 4.69) is 15.3 Å². The second-order valence-electron chi connectivity index (χ2n) is 6.93. The monoisotopic (exact) mass is 450 g/mol. The summed E-state index contributed by atoms with van der Waals surface area (Å²) in [6.07, 6.45) is -4.67. The average Bonchev–Trinajstić information content (AvgIpc) is 3.09. The first-order chi connectivity index (χ1) is 14.2. The van der Waals surface area contributed by atoms with Crippen LogP contribution in [0.3, 0.4) is 0 Å². The van der Waals surface area contributed by atoms with E-state index in [1.165, 1.54) is 4.52 Å². The number of benzene rings is 2. The molecule has 0 saturated heterocycles. The summed E-state index contributed by atoms with van der Waals surface area (Å²) in [6.45, 7) is 1.11. The van der Waals surface area contributed by atoms with Crippen LogP contribution in [0, 0.1) is 5.92 Å². The molecule has 2 heterocycles. The fraction of sp³-hybridized carbons (Fsp3) is 0.190. The van der Waals surface area contributed by atoms with Gasteiger partial charge >= 0.3 is 6.18 Å². The van der Waals surface area contributed by atoms with Gasteiger partial charge in [0, 0.05) is 22.6 Å². The molecule has 4 aromatic rings. The topological polar surface area (TPSA) is 43.1 Å². The number of fused-ring (bicyclic) bond motifs is 1. The van der Waals surface area contributed by atoms with Crippen LogP contribution in [0.5, 0.6) is 0 Å².